The number of Topliss-reactive ketones (excluding diaryl/α,β-unsaturated/α-hetero) is 1. The number of rotatable bonds is 13. The van der Waals surface area contributed by atoms with Crippen molar-refractivity contribution < 1.29 is 23.9 Å². The third-order valence-corrected chi connectivity index (χ3v) is 6.21. The molecule has 0 bridgehead atoms. The number of ketones is 1. The summed E-state index contributed by atoms with van der Waals surface area (Å²) in [4.78, 5) is 35.3. The molecule has 0 unspecified atom stereocenters. The maximum absolute atomic E-state index is 12.6. The maximum atomic E-state index is 12.6. The Hall–Kier alpha value is -2.43. The van der Waals surface area contributed by atoms with Crippen molar-refractivity contribution in [2.75, 3.05) is 7.11 Å². The molecule has 0 aliphatic heterocycles. The lowest BCUT2D eigenvalue weighted by Crippen LogP contribution is -2.13. The summed E-state index contributed by atoms with van der Waals surface area (Å²) in [6.07, 6.45) is 12.5. The standard InChI is InChI=1S/C27H38O5/c1-4-5-8-12-25(32-20(2)28)21-14-16-23(17-15-21)27-22(18-19-24(27)29)11-9-6-7-10-13-26(30)31-3/h6,9,14-17,22,25,27H,4-5,7-8,10-13,18-19H2,1-3H3/t22-,25+,27-/m0/s1. The largest absolute Gasteiger partial charge is 0.469 e. The first kappa shape index (κ1) is 25.8. The second-order valence-electron chi connectivity index (χ2n) is 8.68. The molecule has 5 nitrogen and oxygen atoms in total. The lowest BCUT2D eigenvalue weighted by atomic mass is 9.85. The topological polar surface area (TPSA) is 69.7 Å². The number of methoxy groups -OCH3 is 1. The molecule has 3 atom stereocenters. The number of hydrogen-bond donors (Lipinski definition) is 0. The summed E-state index contributed by atoms with van der Waals surface area (Å²) < 4.78 is 10.2. The summed E-state index contributed by atoms with van der Waals surface area (Å²) in [5.74, 6) is 0.0981. The van der Waals surface area contributed by atoms with Crippen LogP contribution in [0.5, 0.6) is 0 Å². The maximum Gasteiger partial charge on any atom is 0.305 e. The molecule has 0 aromatic heterocycles. The van der Waals surface area contributed by atoms with Crippen molar-refractivity contribution in [2.24, 2.45) is 5.92 Å². The lowest BCUT2D eigenvalue weighted by Gasteiger charge is -2.20. The number of carbonyl (C=O) groups is 3. The summed E-state index contributed by atoms with van der Waals surface area (Å²) in [5.41, 5.74) is 2.04. The normalized spacial score (nSPS) is 19.3. The van der Waals surface area contributed by atoms with Crippen molar-refractivity contribution in [2.45, 2.75) is 90.1 Å². The summed E-state index contributed by atoms with van der Waals surface area (Å²) >= 11 is 0. The Morgan fingerprint density at radius 2 is 1.88 bits per heavy atom. The molecule has 1 aliphatic carbocycles. The highest BCUT2D eigenvalue weighted by atomic mass is 16.5. The molecule has 0 spiro atoms. The van der Waals surface area contributed by atoms with E-state index in [4.69, 9.17) is 4.74 Å². The predicted octanol–water partition coefficient (Wildman–Crippen LogP) is 6.22. The van der Waals surface area contributed by atoms with E-state index in [1.807, 2.05) is 24.3 Å². The molecule has 5 heteroatoms. The molecule has 0 radical (unpaired) electrons. The molecule has 32 heavy (non-hydrogen) atoms. The van der Waals surface area contributed by atoms with Gasteiger partial charge < -0.3 is 9.47 Å². The Morgan fingerprint density at radius 3 is 2.53 bits per heavy atom. The number of allylic oxidation sites excluding steroid dienone is 2. The fourth-order valence-corrected chi connectivity index (χ4v) is 4.47. The molecule has 0 N–H and O–H groups in total. The zero-order chi connectivity index (χ0) is 23.3. The minimum atomic E-state index is -0.264. The number of hydrogen-bond acceptors (Lipinski definition) is 5. The van der Waals surface area contributed by atoms with Gasteiger partial charge in [-0.25, -0.2) is 0 Å². The third-order valence-electron chi connectivity index (χ3n) is 6.21. The van der Waals surface area contributed by atoms with Gasteiger partial charge in [0, 0.05) is 25.7 Å². The fraction of sp³-hybridized carbons (Fsp3) is 0.593. The van der Waals surface area contributed by atoms with E-state index >= 15 is 0 Å². The Morgan fingerprint density at radius 1 is 1.12 bits per heavy atom. The number of unbranched alkanes of at least 4 members (excludes halogenated alkanes) is 3. The van der Waals surface area contributed by atoms with Crippen molar-refractivity contribution >= 4 is 17.7 Å². The second kappa shape index (κ2) is 13.9. The van der Waals surface area contributed by atoms with E-state index in [1.54, 1.807) is 0 Å². The van der Waals surface area contributed by atoms with Crippen molar-refractivity contribution in [3.63, 3.8) is 0 Å². The fourth-order valence-electron chi connectivity index (χ4n) is 4.47. The van der Waals surface area contributed by atoms with Crippen LogP contribution in [0, 0.1) is 5.92 Å². The van der Waals surface area contributed by atoms with Crippen molar-refractivity contribution in [3.05, 3.63) is 47.5 Å². The third kappa shape index (κ3) is 8.25. The quantitative estimate of drug-likeness (QED) is 0.206. The zero-order valence-corrected chi connectivity index (χ0v) is 19.8. The first-order chi connectivity index (χ1) is 15.5. The average molecular weight is 443 g/mol. The van der Waals surface area contributed by atoms with Gasteiger partial charge in [0.1, 0.15) is 11.9 Å². The Balaban J connectivity index is 1.98. The molecule has 0 saturated heterocycles. The van der Waals surface area contributed by atoms with Gasteiger partial charge in [0.2, 0.25) is 0 Å². The van der Waals surface area contributed by atoms with E-state index in [2.05, 4.69) is 23.8 Å². The summed E-state index contributed by atoms with van der Waals surface area (Å²) in [5, 5.41) is 0. The highest BCUT2D eigenvalue weighted by Gasteiger charge is 2.35. The molecular weight excluding hydrogens is 404 g/mol. The van der Waals surface area contributed by atoms with E-state index < -0.39 is 0 Å². The first-order valence-electron chi connectivity index (χ1n) is 12.0. The SMILES string of the molecule is CCCCC[C@@H](OC(C)=O)c1ccc([C@H]2C(=O)CC[C@@H]2CC=CCCCC(=O)OC)cc1. The van der Waals surface area contributed by atoms with Crippen LogP contribution < -0.4 is 0 Å². The summed E-state index contributed by atoms with van der Waals surface area (Å²) in [6, 6.07) is 8.10. The minimum absolute atomic E-state index is 0.0731. The van der Waals surface area contributed by atoms with Crippen molar-refractivity contribution in [1.82, 2.24) is 0 Å². The average Bonchev–Trinajstić information content (AvgIpc) is 3.15. The number of ether oxygens (including phenoxy) is 2. The zero-order valence-electron chi connectivity index (χ0n) is 19.8. The Kier molecular flexibility index (Phi) is 11.2. The van der Waals surface area contributed by atoms with E-state index in [-0.39, 0.29) is 24.0 Å². The molecule has 0 heterocycles. The van der Waals surface area contributed by atoms with Gasteiger partial charge in [-0.2, -0.15) is 0 Å². The van der Waals surface area contributed by atoms with Crippen LogP contribution in [0.2, 0.25) is 0 Å². The van der Waals surface area contributed by atoms with Gasteiger partial charge >= 0.3 is 11.9 Å². The van der Waals surface area contributed by atoms with Gasteiger partial charge in [-0.05, 0) is 55.6 Å². The Labute approximate surface area is 192 Å². The van der Waals surface area contributed by atoms with E-state index in [9.17, 15) is 14.4 Å². The van der Waals surface area contributed by atoms with Crippen LogP contribution in [0.1, 0.15) is 101 Å². The van der Waals surface area contributed by atoms with Crippen LogP contribution in [-0.2, 0) is 23.9 Å². The summed E-state index contributed by atoms with van der Waals surface area (Å²) in [7, 11) is 1.41. The van der Waals surface area contributed by atoms with Crippen molar-refractivity contribution in [3.8, 4) is 0 Å². The van der Waals surface area contributed by atoms with Crippen LogP contribution in [0.4, 0.5) is 0 Å². The molecular formula is C27H38O5. The van der Waals surface area contributed by atoms with Crippen LogP contribution in [0.15, 0.2) is 36.4 Å². The number of benzene rings is 1. The van der Waals surface area contributed by atoms with Gasteiger partial charge in [-0.3, -0.25) is 14.4 Å². The van der Waals surface area contributed by atoms with E-state index in [0.29, 0.717) is 24.5 Å². The smallest absolute Gasteiger partial charge is 0.305 e. The highest BCUT2D eigenvalue weighted by molar-refractivity contribution is 5.88. The van der Waals surface area contributed by atoms with E-state index in [0.717, 1.165) is 62.5 Å². The Bertz CT molecular complexity index is 765. The molecule has 1 aliphatic rings. The number of carbonyl (C=O) groups excluding carboxylic acids is 3. The molecule has 176 valence electrons. The number of esters is 2. The van der Waals surface area contributed by atoms with Crippen LogP contribution in [0.25, 0.3) is 0 Å². The van der Waals surface area contributed by atoms with Crippen molar-refractivity contribution in [1.29, 1.82) is 0 Å². The first-order valence-corrected chi connectivity index (χ1v) is 12.0. The molecule has 1 aromatic carbocycles. The monoisotopic (exact) mass is 442 g/mol. The molecule has 0 amide bonds. The van der Waals surface area contributed by atoms with Gasteiger partial charge in [0.15, 0.2) is 0 Å². The predicted molar refractivity (Wildman–Crippen MR) is 125 cm³/mol. The molecule has 1 fully saturated rings. The van der Waals surface area contributed by atoms with E-state index in [1.165, 1.54) is 14.0 Å². The minimum Gasteiger partial charge on any atom is -0.469 e. The second-order valence-corrected chi connectivity index (χ2v) is 8.68. The molecule has 1 saturated carbocycles. The van der Waals surface area contributed by atoms with Gasteiger partial charge in [-0.1, -0.05) is 56.2 Å². The van der Waals surface area contributed by atoms with Gasteiger partial charge in [-0.15, -0.1) is 0 Å². The van der Waals surface area contributed by atoms with Gasteiger partial charge in [0.25, 0.3) is 0 Å². The van der Waals surface area contributed by atoms with Gasteiger partial charge in [0.05, 0.1) is 7.11 Å². The molecule has 2 rings (SSSR count). The highest BCUT2D eigenvalue weighted by Crippen LogP contribution is 2.40. The van der Waals surface area contributed by atoms with Crippen LogP contribution in [0.3, 0.4) is 0 Å². The summed E-state index contributed by atoms with van der Waals surface area (Å²) in [6.45, 7) is 3.61. The molecule has 1 aromatic rings. The van der Waals surface area contributed by atoms with Crippen LogP contribution in [-0.4, -0.2) is 24.8 Å². The lowest BCUT2D eigenvalue weighted by molar-refractivity contribution is -0.147. The van der Waals surface area contributed by atoms with Crippen LogP contribution >= 0.6 is 0 Å².